The lowest BCUT2D eigenvalue weighted by Gasteiger charge is -2.05. The quantitative estimate of drug-likeness (QED) is 0.891. The van der Waals surface area contributed by atoms with Gasteiger partial charge in [-0.2, -0.15) is 0 Å². The maximum atomic E-state index is 12.1. The molecule has 5 nitrogen and oxygen atoms in total. The minimum Gasteiger partial charge on any atom is -0.396 e. The molecule has 0 spiro atoms. The van der Waals surface area contributed by atoms with Crippen LogP contribution < -0.4 is 5.73 Å². The van der Waals surface area contributed by atoms with Crippen molar-refractivity contribution in [1.29, 1.82) is 0 Å². The van der Waals surface area contributed by atoms with E-state index in [4.69, 9.17) is 5.73 Å². The Bertz CT molecular complexity index is 627. The van der Waals surface area contributed by atoms with Gasteiger partial charge in [-0.25, -0.2) is 13.4 Å². The van der Waals surface area contributed by atoms with Gasteiger partial charge in [0.05, 0.1) is 11.4 Å². The highest BCUT2D eigenvalue weighted by Gasteiger charge is 2.18. The van der Waals surface area contributed by atoms with Crippen molar-refractivity contribution in [3.05, 3.63) is 48.4 Å². The van der Waals surface area contributed by atoms with Gasteiger partial charge in [-0.3, -0.25) is 4.98 Å². The van der Waals surface area contributed by atoms with Crippen LogP contribution in [0.15, 0.2) is 47.9 Å². The minimum absolute atomic E-state index is 0.0279. The SMILES string of the molecule is Nc1cccnc1S(=O)(=O)CCc1cccnc1. The molecule has 94 valence electrons. The summed E-state index contributed by atoms with van der Waals surface area (Å²) in [5.74, 6) is -0.0279. The second kappa shape index (κ2) is 5.14. The largest absolute Gasteiger partial charge is 0.396 e. The molecule has 0 saturated heterocycles. The zero-order valence-corrected chi connectivity index (χ0v) is 10.5. The summed E-state index contributed by atoms with van der Waals surface area (Å²) in [6.07, 6.45) is 5.12. The summed E-state index contributed by atoms with van der Waals surface area (Å²) in [6, 6.07) is 6.75. The number of pyridine rings is 2. The Labute approximate surface area is 106 Å². The molecule has 2 heterocycles. The van der Waals surface area contributed by atoms with Crippen molar-refractivity contribution in [1.82, 2.24) is 9.97 Å². The predicted octanol–water partition coefficient (Wildman–Crippen LogP) is 1.08. The normalized spacial score (nSPS) is 11.3. The number of aryl methyl sites for hydroxylation is 1. The number of anilines is 1. The molecular weight excluding hydrogens is 250 g/mol. The summed E-state index contributed by atoms with van der Waals surface area (Å²) in [4.78, 5) is 7.77. The van der Waals surface area contributed by atoms with Gasteiger partial charge in [-0.05, 0) is 30.2 Å². The molecule has 0 saturated carbocycles. The van der Waals surface area contributed by atoms with Gasteiger partial charge >= 0.3 is 0 Å². The van der Waals surface area contributed by atoms with Crippen LogP contribution in [0.4, 0.5) is 5.69 Å². The van der Waals surface area contributed by atoms with E-state index in [1.54, 1.807) is 24.5 Å². The van der Waals surface area contributed by atoms with Crippen molar-refractivity contribution in [3.8, 4) is 0 Å². The average molecular weight is 263 g/mol. The van der Waals surface area contributed by atoms with Gasteiger partial charge in [0.2, 0.25) is 0 Å². The predicted molar refractivity (Wildman–Crippen MR) is 68.6 cm³/mol. The molecule has 2 rings (SSSR count). The van der Waals surface area contributed by atoms with Gasteiger partial charge in [0.25, 0.3) is 0 Å². The van der Waals surface area contributed by atoms with E-state index in [9.17, 15) is 8.42 Å². The number of sulfone groups is 1. The highest BCUT2D eigenvalue weighted by atomic mass is 32.2. The number of nitrogens with two attached hydrogens (primary N) is 1. The second-order valence-corrected chi connectivity index (χ2v) is 5.85. The maximum Gasteiger partial charge on any atom is 0.198 e. The van der Waals surface area contributed by atoms with Crippen LogP contribution >= 0.6 is 0 Å². The van der Waals surface area contributed by atoms with Gasteiger partial charge in [0.1, 0.15) is 0 Å². The number of hydrogen-bond acceptors (Lipinski definition) is 5. The standard InChI is InChI=1S/C12H13N3O2S/c13-11-4-2-7-15-12(11)18(16,17)8-5-10-3-1-6-14-9-10/h1-4,6-7,9H,5,8,13H2. The molecular formula is C12H13N3O2S. The number of nitrogen functional groups attached to an aromatic ring is 1. The smallest absolute Gasteiger partial charge is 0.198 e. The molecule has 0 radical (unpaired) electrons. The Balaban J connectivity index is 2.16. The summed E-state index contributed by atoms with van der Waals surface area (Å²) in [6.45, 7) is 0. The number of hydrogen-bond donors (Lipinski definition) is 1. The summed E-state index contributed by atoms with van der Waals surface area (Å²) in [5.41, 5.74) is 6.68. The van der Waals surface area contributed by atoms with Crippen molar-refractivity contribution in [2.24, 2.45) is 0 Å². The zero-order chi connectivity index (χ0) is 13.0. The van der Waals surface area contributed by atoms with Crippen LogP contribution in [0.1, 0.15) is 5.56 Å². The lowest BCUT2D eigenvalue weighted by Crippen LogP contribution is -2.13. The van der Waals surface area contributed by atoms with E-state index in [2.05, 4.69) is 9.97 Å². The molecule has 0 aromatic carbocycles. The van der Waals surface area contributed by atoms with E-state index in [0.717, 1.165) is 5.56 Å². The van der Waals surface area contributed by atoms with Gasteiger partial charge < -0.3 is 5.73 Å². The lowest BCUT2D eigenvalue weighted by atomic mass is 10.2. The Morgan fingerprint density at radius 3 is 2.61 bits per heavy atom. The van der Waals surface area contributed by atoms with Gasteiger partial charge in [0, 0.05) is 18.6 Å². The molecule has 6 heteroatoms. The van der Waals surface area contributed by atoms with E-state index in [-0.39, 0.29) is 16.5 Å². The van der Waals surface area contributed by atoms with Crippen LogP contribution in [-0.4, -0.2) is 24.1 Å². The van der Waals surface area contributed by atoms with Crippen LogP contribution in [0.5, 0.6) is 0 Å². The third-order valence-corrected chi connectivity index (χ3v) is 4.15. The number of aromatic nitrogens is 2. The topological polar surface area (TPSA) is 85.9 Å². The fraction of sp³-hybridized carbons (Fsp3) is 0.167. The van der Waals surface area contributed by atoms with Gasteiger partial charge in [-0.1, -0.05) is 6.07 Å². The lowest BCUT2D eigenvalue weighted by molar-refractivity contribution is 0.592. The van der Waals surface area contributed by atoms with Crippen molar-refractivity contribution in [2.45, 2.75) is 11.4 Å². The fourth-order valence-corrected chi connectivity index (χ4v) is 2.90. The molecule has 2 aromatic heterocycles. The fourth-order valence-electron chi connectivity index (χ4n) is 1.56. The molecule has 0 aliphatic carbocycles. The highest BCUT2D eigenvalue weighted by molar-refractivity contribution is 7.91. The molecule has 2 aromatic rings. The molecule has 0 unspecified atom stereocenters. The molecule has 0 amide bonds. The molecule has 0 bridgehead atoms. The Hall–Kier alpha value is -1.95. The third-order valence-electron chi connectivity index (χ3n) is 2.48. The van der Waals surface area contributed by atoms with E-state index < -0.39 is 9.84 Å². The molecule has 0 aliphatic heterocycles. The summed E-state index contributed by atoms with van der Waals surface area (Å²) >= 11 is 0. The molecule has 18 heavy (non-hydrogen) atoms. The monoisotopic (exact) mass is 263 g/mol. The van der Waals surface area contributed by atoms with Crippen LogP contribution in [0.2, 0.25) is 0 Å². The number of rotatable bonds is 4. The van der Waals surface area contributed by atoms with Crippen LogP contribution in [0.25, 0.3) is 0 Å². The number of nitrogens with zero attached hydrogens (tertiary/aromatic N) is 2. The first-order chi connectivity index (χ1) is 8.59. The highest BCUT2D eigenvalue weighted by Crippen LogP contribution is 2.16. The van der Waals surface area contributed by atoms with Crippen molar-refractivity contribution < 1.29 is 8.42 Å². The van der Waals surface area contributed by atoms with Crippen molar-refractivity contribution >= 4 is 15.5 Å². The van der Waals surface area contributed by atoms with Crippen LogP contribution in [-0.2, 0) is 16.3 Å². The first-order valence-corrected chi connectivity index (χ1v) is 7.07. The van der Waals surface area contributed by atoms with E-state index in [1.165, 1.54) is 12.3 Å². The molecule has 0 atom stereocenters. The molecule has 0 aliphatic rings. The zero-order valence-electron chi connectivity index (χ0n) is 9.65. The van der Waals surface area contributed by atoms with E-state index in [1.807, 2.05) is 6.07 Å². The van der Waals surface area contributed by atoms with E-state index in [0.29, 0.717) is 6.42 Å². The average Bonchev–Trinajstić information content (AvgIpc) is 2.38. The summed E-state index contributed by atoms with van der Waals surface area (Å²) in [7, 11) is -3.45. The van der Waals surface area contributed by atoms with Crippen LogP contribution in [0, 0.1) is 0 Å². The Morgan fingerprint density at radius 1 is 1.17 bits per heavy atom. The first kappa shape index (κ1) is 12.5. The molecule has 2 N–H and O–H groups in total. The van der Waals surface area contributed by atoms with Crippen molar-refractivity contribution in [2.75, 3.05) is 11.5 Å². The first-order valence-electron chi connectivity index (χ1n) is 5.42. The van der Waals surface area contributed by atoms with Gasteiger partial charge in [-0.15, -0.1) is 0 Å². The molecule has 0 fully saturated rings. The Kier molecular flexibility index (Phi) is 3.57. The summed E-state index contributed by atoms with van der Waals surface area (Å²) < 4.78 is 24.1. The van der Waals surface area contributed by atoms with Gasteiger partial charge in [0.15, 0.2) is 14.9 Å². The van der Waals surface area contributed by atoms with E-state index >= 15 is 0 Å². The van der Waals surface area contributed by atoms with Crippen molar-refractivity contribution in [3.63, 3.8) is 0 Å². The second-order valence-electron chi connectivity index (χ2n) is 3.83. The maximum absolute atomic E-state index is 12.1. The summed E-state index contributed by atoms with van der Waals surface area (Å²) in [5, 5.41) is -0.0473. The minimum atomic E-state index is -3.45. The van der Waals surface area contributed by atoms with Crippen LogP contribution in [0.3, 0.4) is 0 Å². The third kappa shape index (κ3) is 2.84. The Morgan fingerprint density at radius 2 is 1.94 bits per heavy atom.